The zero-order valence-electron chi connectivity index (χ0n) is 17.6. The number of imide groups is 2. The third-order valence-electron chi connectivity index (χ3n) is 5.02. The molecule has 0 aromatic heterocycles. The van der Waals surface area contributed by atoms with E-state index >= 15 is 0 Å². The van der Waals surface area contributed by atoms with Crippen LogP contribution in [0.1, 0.15) is 43.9 Å². The van der Waals surface area contributed by atoms with E-state index in [9.17, 15) is 24.0 Å². The summed E-state index contributed by atoms with van der Waals surface area (Å²) in [5.74, 6) is -3.17. The lowest BCUT2D eigenvalue weighted by molar-refractivity contribution is -0.136. The highest BCUT2D eigenvalue weighted by molar-refractivity contribution is 6.26. The van der Waals surface area contributed by atoms with Crippen molar-refractivity contribution in [1.82, 2.24) is 15.5 Å². The fourth-order valence-electron chi connectivity index (χ4n) is 3.51. The molecule has 2 heterocycles. The predicted octanol–water partition coefficient (Wildman–Crippen LogP) is 0.161. The maximum atomic E-state index is 13.0. The molecule has 1 fully saturated rings. The van der Waals surface area contributed by atoms with Crippen LogP contribution in [0.5, 0.6) is 0 Å². The Morgan fingerprint density at radius 3 is 2.64 bits per heavy atom. The Morgan fingerprint density at radius 2 is 1.91 bits per heavy atom. The number of hydrogen-bond donors (Lipinski definition) is 2. The van der Waals surface area contributed by atoms with Gasteiger partial charge in [-0.25, -0.2) is 0 Å². The quantitative estimate of drug-likeness (QED) is 0.156. The lowest BCUT2D eigenvalue weighted by atomic mass is 10.0. The molecule has 0 radical (unpaired) electrons. The third kappa shape index (κ3) is 5.52. The van der Waals surface area contributed by atoms with Crippen molar-refractivity contribution in [3.05, 3.63) is 45.3 Å². The monoisotopic (exact) mass is 458 g/mol. The summed E-state index contributed by atoms with van der Waals surface area (Å²) in [6, 6.07) is 3.22. The topological polar surface area (TPSA) is 180 Å². The van der Waals surface area contributed by atoms with Gasteiger partial charge in [0.25, 0.3) is 17.7 Å². The average molecular weight is 458 g/mol. The van der Waals surface area contributed by atoms with Gasteiger partial charge in [0.2, 0.25) is 11.8 Å². The maximum Gasteiger partial charge on any atom is 0.263 e. The van der Waals surface area contributed by atoms with Crippen molar-refractivity contribution in [2.75, 3.05) is 39.5 Å². The molecule has 13 nitrogen and oxygen atoms in total. The van der Waals surface area contributed by atoms with Gasteiger partial charge in [0, 0.05) is 24.4 Å². The highest BCUT2D eigenvalue weighted by atomic mass is 16.5. The fraction of sp³-hybridized carbons (Fsp3) is 0.450. The summed E-state index contributed by atoms with van der Waals surface area (Å²) in [6.45, 7) is 1.44. The van der Waals surface area contributed by atoms with Crippen molar-refractivity contribution < 1.29 is 33.4 Å². The molecule has 2 aliphatic rings. The summed E-state index contributed by atoms with van der Waals surface area (Å²) in [5.41, 5.74) is 8.12. The molecule has 3 rings (SSSR count). The summed E-state index contributed by atoms with van der Waals surface area (Å²) < 4.78 is 10.5. The number of carbonyl (C=O) groups is 5. The maximum absolute atomic E-state index is 13.0. The van der Waals surface area contributed by atoms with Crippen LogP contribution in [0, 0.1) is 0 Å². The molecule has 33 heavy (non-hydrogen) atoms. The minimum absolute atomic E-state index is 0.00992. The second-order valence-electron chi connectivity index (χ2n) is 7.11. The number of piperidine rings is 1. The van der Waals surface area contributed by atoms with E-state index in [1.165, 1.54) is 18.2 Å². The summed E-state index contributed by atoms with van der Waals surface area (Å²) in [5, 5.41) is 8.08. The van der Waals surface area contributed by atoms with Gasteiger partial charge in [0.15, 0.2) is 0 Å². The third-order valence-corrected chi connectivity index (χ3v) is 5.02. The Hall–Kier alpha value is -3.80. The van der Waals surface area contributed by atoms with Crippen LogP contribution >= 0.6 is 0 Å². The first-order valence-electron chi connectivity index (χ1n) is 10.2. The first kappa shape index (κ1) is 23.9. The Balaban J connectivity index is 1.55. The molecule has 2 aliphatic heterocycles. The van der Waals surface area contributed by atoms with Crippen LogP contribution in [0.4, 0.5) is 0 Å². The van der Waals surface area contributed by atoms with Crippen LogP contribution in [-0.4, -0.2) is 80.0 Å². The van der Waals surface area contributed by atoms with Crippen LogP contribution in [0.25, 0.3) is 10.4 Å². The van der Waals surface area contributed by atoms with Crippen LogP contribution in [0.15, 0.2) is 23.3 Å². The molecular formula is C20H22N6O7. The summed E-state index contributed by atoms with van der Waals surface area (Å²) in [7, 11) is 0. The Bertz CT molecular complexity index is 1020. The molecule has 0 spiro atoms. The molecule has 0 aliphatic carbocycles. The van der Waals surface area contributed by atoms with E-state index in [4.69, 9.17) is 15.0 Å². The van der Waals surface area contributed by atoms with Gasteiger partial charge < -0.3 is 14.8 Å². The Labute approximate surface area is 188 Å². The van der Waals surface area contributed by atoms with Crippen molar-refractivity contribution in [2.24, 2.45) is 5.11 Å². The lowest BCUT2D eigenvalue weighted by Crippen LogP contribution is -2.54. The van der Waals surface area contributed by atoms with Gasteiger partial charge in [0.1, 0.15) is 6.04 Å². The molecule has 1 aromatic rings. The van der Waals surface area contributed by atoms with Crippen molar-refractivity contribution in [2.45, 2.75) is 18.9 Å². The summed E-state index contributed by atoms with van der Waals surface area (Å²) in [4.78, 5) is 65.4. The zero-order valence-corrected chi connectivity index (χ0v) is 17.6. The molecule has 1 unspecified atom stereocenters. The zero-order chi connectivity index (χ0) is 23.8. The van der Waals surface area contributed by atoms with Crippen LogP contribution < -0.4 is 10.6 Å². The van der Waals surface area contributed by atoms with E-state index < -0.39 is 35.6 Å². The number of amides is 5. The molecule has 174 valence electrons. The average Bonchev–Trinajstić information content (AvgIpc) is 3.05. The molecule has 2 N–H and O–H groups in total. The summed E-state index contributed by atoms with van der Waals surface area (Å²) >= 11 is 0. The van der Waals surface area contributed by atoms with E-state index in [0.29, 0.717) is 6.61 Å². The number of hydrogen-bond acceptors (Lipinski definition) is 8. The van der Waals surface area contributed by atoms with E-state index in [-0.39, 0.29) is 62.4 Å². The van der Waals surface area contributed by atoms with E-state index in [1.54, 1.807) is 0 Å². The van der Waals surface area contributed by atoms with Gasteiger partial charge in [-0.3, -0.25) is 34.2 Å². The molecule has 0 saturated carbocycles. The number of carbonyl (C=O) groups excluding carboxylic acids is 5. The van der Waals surface area contributed by atoms with Gasteiger partial charge in [-0.2, -0.15) is 0 Å². The van der Waals surface area contributed by atoms with Crippen molar-refractivity contribution in [1.29, 1.82) is 0 Å². The number of rotatable bonds is 11. The highest BCUT2D eigenvalue weighted by Gasteiger charge is 2.46. The normalized spacial score (nSPS) is 17.5. The van der Waals surface area contributed by atoms with Gasteiger partial charge in [-0.05, 0) is 24.1 Å². The first-order valence-corrected chi connectivity index (χ1v) is 10.2. The molecule has 5 amide bonds. The number of nitrogens with one attached hydrogen (secondary N) is 2. The second kappa shape index (κ2) is 11.2. The molecule has 1 aromatic carbocycles. The lowest BCUT2D eigenvalue weighted by Gasteiger charge is -2.27. The molecule has 0 bridgehead atoms. The van der Waals surface area contributed by atoms with E-state index in [0.717, 1.165) is 4.90 Å². The van der Waals surface area contributed by atoms with E-state index in [1.807, 2.05) is 0 Å². The minimum atomic E-state index is -1.10. The number of fused-ring (bicyclic) bond motifs is 1. The standard InChI is InChI=1S/C20H22N6O7/c21-25-23-7-9-33-11-10-32-8-6-22-17(28)12-2-1-3-13-16(12)20(31)26(19(13)30)14-4-5-15(27)24-18(14)29/h1-3,14H,4-11H2,(H,22,28)(H,24,27,29). The smallest absolute Gasteiger partial charge is 0.263 e. The second-order valence-corrected chi connectivity index (χ2v) is 7.11. The largest absolute Gasteiger partial charge is 0.379 e. The van der Waals surface area contributed by atoms with Crippen LogP contribution in [0.3, 0.4) is 0 Å². The van der Waals surface area contributed by atoms with Gasteiger partial charge in [-0.15, -0.1) is 0 Å². The number of ether oxygens (including phenoxy) is 2. The predicted molar refractivity (Wildman–Crippen MR) is 111 cm³/mol. The van der Waals surface area contributed by atoms with E-state index in [2.05, 4.69) is 20.7 Å². The molecular weight excluding hydrogens is 436 g/mol. The van der Waals surface area contributed by atoms with Gasteiger partial charge >= 0.3 is 0 Å². The fourth-order valence-corrected chi connectivity index (χ4v) is 3.51. The number of nitrogens with zero attached hydrogens (tertiary/aromatic N) is 4. The van der Waals surface area contributed by atoms with Crippen LogP contribution in [0.2, 0.25) is 0 Å². The van der Waals surface area contributed by atoms with Gasteiger partial charge in [-0.1, -0.05) is 11.2 Å². The SMILES string of the molecule is [N-]=[N+]=NCCOCCOCCNC(=O)c1cccc2c1C(=O)N(C1CCC(=O)NC1=O)C2=O. The summed E-state index contributed by atoms with van der Waals surface area (Å²) in [6.07, 6.45) is 0.0419. The van der Waals surface area contributed by atoms with Crippen molar-refractivity contribution in [3.8, 4) is 0 Å². The number of benzene rings is 1. The highest BCUT2D eigenvalue weighted by Crippen LogP contribution is 2.29. The first-order chi connectivity index (χ1) is 16.0. The molecule has 1 atom stereocenters. The Morgan fingerprint density at radius 1 is 1.15 bits per heavy atom. The molecule has 13 heteroatoms. The number of azide groups is 1. The Kier molecular flexibility index (Phi) is 8.08. The van der Waals surface area contributed by atoms with Crippen molar-refractivity contribution >= 4 is 29.5 Å². The van der Waals surface area contributed by atoms with Crippen molar-refractivity contribution in [3.63, 3.8) is 0 Å². The van der Waals surface area contributed by atoms with Gasteiger partial charge in [0.05, 0.1) is 43.1 Å². The minimum Gasteiger partial charge on any atom is -0.379 e. The molecule has 1 saturated heterocycles. The van der Waals surface area contributed by atoms with Crippen LogP contribution in [-0.2, 0) is 19.1 Å².